The van der Waals surface area contributed by atoms with Gasteiger partial charge in [-0.15, -0.1) is 0 Å². The van der Waals surface area contributed by atoms with Crippen molar-refractivity contribution in [2.75, 3.05) is 48.3 Å². The first kappa shape index (κ1) is 81.8. The summed E-state index contributed by atoms with van der Waals surface area (Å²) < 4.78 is 118. The van der Waals surface area contributed by atoms with E-state index in [2.05, 4.69) is 19.9 Å². The fraction of sp³-hybridized carbons (Fsp3) is 0.931. The van der Waals surface area contributed by atoms with E-state index in [0.29, 0.717) is 56.9 Å². The molecule has 0 unspecified atom stereocenters. The lowest BCUT2D eigenvalue weighted by molar-refractivity contribution is -0.347. The number of carbonyl (C=O) groups excluding carboxylic acids is 1. The summed E-state index contributed by atoms with van der Waals surface area (Å²) in [5.74, 6) is -0.493. The SMILES string of the molecule is C/C=C(\C)C(=O)O[C@H]1[C@@H](OC)C[C@H](O[C@H]2[C@@H](OC)C[C@H](O[C@H]3[C@@H](OC)C[C@H](O[C@H]4[C@@H](OC)C[C@H](O[C@H]5CC[C@@]6(C)C(=CC[C@@H]7[C@@H]6CC[C@]6(C)[C@@H]([C@H](C)O[C@@H]8O[C@H](CO[C@@H]9O[C@H](CO[C@@H]%10O[C@H](CO)[C@@H](O)[C@H](O)[C@H]%10O)[C@@H](O)[C@H](O)[C@H]9O)[C@@H](O)[C@H](O)[C@H]8O)CC[C@]76O)C5)O[C@@H]4C)O[C@@H]3C)O[C@@H]2C)O[C@@H]1C. The van der Waals surface area contributed by atoms with Crippen molar-refractivity contribution in [2.24, 2.45) is 28.6 Å². The lowest BCUT2D eigenvalue weighted by Gasteiger charge is -2.61. The van der Waals surface area contributed by atoms with Crippen LogP contribution in [0.1, 0.15) is 139 Å². The molecule has 39 atom stereocenters. The second-order valence-corrected chi connectivity index (χ2v) is 31.1. The Bertz CT molecular complexity index is 2810. The molecule has 592 valence electrons. The van der Waals surface area contributed by atoms with Crippen molar-refractivity contribution in [1.29, 1.82) is 0 Å². The number of rotatable bonds is 24. The molecule has 7 heterocycles. The Hall–Kier alpha value is -2.21. The summed E-state index contributed by atoms with van der Waals surface area (Å²) in [4.78, 5) is 12.7. The van der Waals surface area contributed by atoms with E-state index in [1.165, 1.54) is 5.57 Å². The van der Waals surface area contributed by atoms with Gasteiger partial charge in [0.1, 0.15) is 97.7 Å². The molecular formula is C72H118O31. The van der Waals surface area contributed by atoms with Gasteiger partial charge < -0.3 is 146 Å². The van der Waals surface area contributed by atoms with E-state index in [-0.39, 0.29) is 35.4 Å². The molecule has 7 aliphatic heterocycles. The second-order valence-electron chi connectivity index (χ2n) is 31.1. The quantitative estimate of drug-likeness (QED) is 0.0357. The molecule has 10 fully saturated rings. The smallest absolute Gasteiger partial charge is 0.333 e. The predicted molar refractivity (Wildman–Crippen MR) is 354 cm³/mol. The number of carbonyl (C=O) groups is 1. The van der Waals surface area contributed by atoms with Gasteiger partial charge >= 0.3 is 5.97 Å². The Kier molecular flexibility index (Phi) is 27.1. The molecule has 11 N–H and O–H groups in total. The monoisotopic (exact) mass is 1480 g/mol. The van der Waals surface area contributed by atoms with Gasteiger partial charge in [-0.1, -0.05) is 31.6 Å². The van der Waals surface area contributed by atoms with Crippen molar-refractivity contribution in [3.63, 3.8) is 0 Å². The molecule has 0 spiro atoms. The summed E-state index contributed by atoms with van der Waals surface area (Å²) in [5.41, 5.74) is -0.0427. The zero-order chi connectivity index (χ0) is 74.5. The van der Waals surface area contributed by atoms with Gasteiger partial charge in [-0.3, -0.25) is 0 Å². The minimum Gasteiger partial charge on any atom is -0.453 e. The summed E-state index contributed by atoms with van der Waals surface area (Å²) in [7, 11) is 6.51. The highest BCUT2D eigenvalue weighted by Crippen LogP contribution is 2.69. The average molecular weight is 1480 g/mol. The minimum absolute atomic E-state index is 0.0495. The Morgan fingerprint density at radius 3 is 1.44 bits per heavy atom. The average Bonchev–Trinajstić information content (AvgIpc) is 1.65. The molecule has 3 saturated carbocycles. The highest BCUT2D eigenvalue weighted by atomic mass is 16.8. The van der Waals surface area contributed by atoms with Crippen LogP contribution >= 0.6 is 0 Å². The molecule has 4 aliphatic carbocycles. The van der Waals surface area contributed by atoms with Gasteiger partial charge in [-0.2, -0.15) is 0 Å². The molecule has 31 heteroatoms. The van der Waals surface area contributed by atoms with Gasteiger partial charge in [0.15, 0.2) is 50.1 Å². The molecule has 0 amide bonds. The number of aliphatic hydroxyl groups excluding tert-OH is 10. The van der Waals surface area contributed by atoms with E-state index in [9.17, 15) is 61.0 Å². The minimum atomic E-state index is -1.85. The zero-order valence-corrected chi connectivity index (χ0v) is 61.6. The van der Waals surface area contributed by atoms with Crippen LogP contribution in [0.25, 0.3) is 0 Å². The first-order valence-corrected chi connectivity index (χ1v) is 37.1. The van der Waals surface area contributed by atoms with Crippen LogP contribution in [0.4, 0.5) is 0 Å². The molecule has 103 heavy (non-hydrogen) atoms. The summed E-state index contributed by atoms with van der Waals surface area (Å²) in [6, 6.07) is 0. The van der Waals surface area contributed by atoms with Crippen LogP contribution < -0.4 is 0 Å². The molecule has 0 aromatic heterocycles. The maximum atomic E-state index is 13.2. The number of methoxy groups -OCH3 is 4. The molecule has 0 bridgehead atoms. The van der Waals surface area contributed by atoms with Crippen LogP contribution in [0.3, 0.4) is 0 Å². The highest BCUT2D eigenvalue weighted by molar-refractivity contribution is 5.87. The van der Waals surface area contributed by atoms with Crippen LogP contribution in [0.2, 0.25) is 0 Å². The van der Waals surface area contributed by atoms with E-state index in [4.69, 9.17) is 90.0 Å². The first-order valence-electron chi connectivity index (χ1n) is 37.1. The van der Waals surface area contributed by atoms with E-state index in [0.717, 1.165) is 25.7 Å². The van der Waals surface area contributed by atoms with Crippen LogP contribution in [0, 0.1) is 28.6 Å². The number of ether oxygens (including phenoxy) is 19. The Labute approximate surface area is 602 Å². The van der Waals surface area contributed by atoms with E-state index < -0.39 is 227 Å². The predicted octanol–water partition coefficient (Wildman–Crippen LogP) is 0.552. The standard InChI is InChI=1S/C72H118O31/c1-14-31(2)66(83)103-65-36(7)94-52(27-45(65)88-13)102-64-35(6)93-51(26-44(64)87-12)101-63-34(5)92-50(25-43(63)86-11)100-62-33(4)91-49(24-42(62)85-10)96-38-17-20-70(8)37(23-38)15-16-41-40(70)18-21-71(9)39(19-22-72(41,71)84)32(3)95-69-61(82)58(79)55(76)48(99-69)30-90-68-60(81)57(78)54(75)47(98-68)29-89-67-59(80)56(77)53(74)46(28-73)97-67/h14-15,32-36,38-65,67-69,73-82,84H,16-30H2,1-13H3/b31-14+/t32-,33+,34+,35+,36+,38-,39+,40-,41+,42-,43-,44-,45-,46+,47+,48+,49-,50-,51-,52-,53+,54+,55+,56-,57-,58-,59+,60+,61+,62+,63+,64+,65+,67+,68+,69+,70-,71+,72-/m0/s1. The highest BCUT2D eigenvalue weighted by Gasteiger charge is 2.68. The summed E-state index contributed by atoms with van der Waals surface area (Å²) in [6.07, 6.45) is -22.5. The van der Waals surface area contributed by atoms with Crippen LogP contribution in [0.5, 0.6) is 0 Å². The number of aliphatic hydroxyl groups is 11. The summed E-state index contributed by atoms with van der Waals surface area (Å²) in [5, 5.41) is 120. The number of hydrogen-bond donors (Lipinski definition) is 11. The van der Waals surface area contributed by atoms with Gasteiger partial charge in [-0.05, 0) is 123 Å². The first-order chi connectivity index (χ1) is 48.9. The molecule has 7 saturated heterocycles. The summed E-state index contributed by atoms with van der Waals surface area (Å²) in [6.45, 7) is 15.5. The maximum absolute atomic E-state index is 13.2. The topological polar surface area (TPSA) is 415 Å². The third kappa shape index (κ3) is 16.6. The van der Waals surface area contributed by atoms with E-state index in [1.807, 2.05) is 34.6 Å². The third-order valence-corrected chi connectivity index (χ3v) is 25.2. The third-order valence-electron chi connectivity index (χ3n) is 25.2. The van der Waals surface area contributed by atoms with Crippen molar-refractivity contribution in [2.45, 2.75) is 348 Å². The molecule has 0 aromatic rings. The van der Waals surface area contributed by atoms with Gasteiger partial charge in [0.25, 0.3) is 0 Å². The molecule has 11 aliphatic rings. The fourth-order valence-electron chi connectivity index (χ4n) is 18.9. The number of hydrogen-bond acceptors (Lipinski definition) is 31. The Morgan fingerprint density at radius 1 is 0.544 bits per heavy atom. The Balaban J connectivity index is 0.639. The molecule has 0 aromatic carbocycles. The van der Waals surface area contributed by atoms with Crippen molar-refractivity contribution in [1.82, 2.24) is 0 Å². The van der Waals surface area contributed by atoms with Crippen molar-refractivity contribution in [3.8, 4) is 0 Å². The van der Waals surface area contributed by atoms with Gasteiger partial charge in [0.2, 0.25) is 0 Å². The zero-order valence-electron chi connectivity index (χ0n) is 61.6. The normalized spacial score (nSPS) is 50.9. The molecule has 11 rings (SSSR count). The molecule has 31 nitrogen and oxygen atoms in total. The van der Waals surface area contributed by atoms with Crippen molar-refractivity contribution in [3.05, 3.63) is 23.3 Å². The number of allylic oxidation sites excluding steroid dienone is 2. The van der Waals surface area contributed by atoms with Crippen LogP contribution in [-0.2, 0) is 94.8 Å². The van der Waals surface area contributed by atoms with Gasteiger partial charge in [0.05, 0.1) is 80.4 Å². The van der Waals surface area contributed by atoms with Crippen LogP contribution in [-0.4, -0.2) is 319 Å². The van der Waals surface area contributed by atoms with Crippen molar-refractivity contribution < 1.29 is 151 Å². The van der Waals surface area contributed by atoms with Gasteiger partial charge in [-0.25, -0.2) is 4.79 Å². The summed E-state index contributed by atoms with van der Waals surface area (Å²) >= 11 is 0. The Morgan fingerprint density at radius 2 is 0.971 bits per heavy atom. The fourth-order valence-corrected chi connectivity index (χ4v) is 18.9. The number of esters is 1. The molecular weight excluding hydrogens is 1360 g/mol. The van der Waals surface area contributed by atoms with E-state index >= 15 is 0 Å². The lowest BCUT2D eigenvalue weighted by Crippen LogP contribution is -2.63. The van der Waals surface area contributed by atoms with Crippen LogP contribution in [0.15, 0.2) is 23.3 Å². The largest absolute Gasteiger partial charge is 0.453 e. The maximum Gasteiger partial charge on any atom is 0.333 e. The number of fused-ring (bicyclic) bond motifs is 5. The molecule has 0 radical (unpaired) electrons. The van der Waals surface area contributed by atoms with Gasteiger partial charge in [0, 0.05) is 65.1 Å². The second kappa shape index (κ2) is 34.2. The van der Waals surface area contributed by atoms with Crippen molar-refractivity contribution >= 4 is 5.97 Å². The van der Waals surface area contributed by atoms with E-state index in [1.54, 1.807) is 48.4 Å². The lowest BCUT2D eigenvalue weighted by atomic mass is 9.45.